The van der Waals surface area contributed by atoms with Crippen LogP contribution in [0, 0.1) is 0 Å². The normalized spacial score (nSPS) is 11.9. The van der Waals surface area contributed by atoms with Crippen molar-refractivity contribution in [3.63, 3.8) is 0 Å². The van der Waals surface area contributed by atoms with Crippen molar-refractivity contribution in [2.24, 2.45) is 0 Å². The molecule has 0 fully saturated rings. The average molecular weight is 935 g/mol. The highest BCUT2D eigenvalue weighted by molar-refractivity contribution is 6.16. The van der Waals surface area contributed by atoms with Crippen molar-refractivity contribution in [2.75, 3.05) is 9.80 Å². The monoisotopic (exact) mass is 934 g/mol. The van der Waals surface area contributed by atoms with Gasteiger partial charge in [-0.2, -0.15) is 0 Å². The van der Waals surface area contributed by atoms with Gasteiger partial charge in [0.1, 0.15) is 22.7 Å². The second kappa shape index (κ2) is 18.3. The molecular weight excluding hydrogens is 877 g/mol. The van der Waals surface area contributed by atoms with Crippen LogP contribution in [0.5, 0.6) is 0 Å². The quantitative estimate of drug-likeness (QED) is 0.121. The second-order valence-corrected chi connectivity index (χ2v) is 20.8. The number of hydrogen-bond acceptors (Lipinski definition) is 4. The number of fused-ring (bicyclic) bond motifs is 5. The minimum absolute atomic E-state index is 0.00152. The summed E-state index contributed by atoms with van der Waals surface area (Å²) >= 11 is 0. The van der Waals surface area contributed by atoms with Crippen molar-refractivity contribution in [2.45, 2.75) is 52.4 Å². The molecule has 2 heterocycles. The molecule has 9 aromatic carbocycles. The molecule has 0 radical (unpaired) electrons. The lowest BCUT2D eigenvalue weighted by atomic mass is 9.87. The summed E-state index contributed by atoms with van der Waals surface area (Å²) in [5, 5.41) is 4.23. The number of rotatable bonds is 11. The predicted molar refractivity (Wildman–Crippen MR) is 306 cm³/mol. The molecule has 0 saturated carbocycles. The first kappa shape index (κ1) is 45.8. The molecule has 0 N–H and O–H groups in total. The number of benzene rings is 9. The molecule has 0 unspecified atom stereocenters. The lowest BCUT2D eigenvalue weighted by Gasteiger charge is -2.28. The minimum atomic E-state index is 0.00152. The van der Waals surface area contributed by atoms with Crippen LogP contribution in [0.25, 0.3) is 72.1 Å². The van der Waals surface area contributed by atoms with Crippen LogP contribution in [-0.4, -0.2) is 0 Å². The van der Waals surface area contributed by atoms with Crippen molar-refractivity contribution in [3.8, 4) is 33.8 Å². The SMILES string of the molecule is C=CC(=C)c1ccc(N(c2ccc(-c3cc4c(ccc5c4ccc4cc(-c6ccc(N(c7ccc(-c8ccccc8)cc7)c7cccc(C(C)(C)C)c7)cc6)oc45)o3)cc2)c2cccc(C(C)(C)C)c2)cc1. The van der Waals surface area contributed by atoms with Crippen molar-refractivity contribution < 1.29 is 8.83 Å². The minimum Gasteiger partial charge on any atom is -0.456 e. The van der Waals surface area contributed by atoms with Crippen molar-refractivity contribution in [1.82, 2.24) is 0 Å². The van der Waals surface area contributed by atoms with Crippen LogP contribution in [-0.2, 0) is 10.8 Å². The van der Waals surface area contributed by atoms with Gasteiger partial charge in [0.05, 0.1) is 0 Å². The van der Waals surface area contributed by atoms with Crippen LogP contribution < -0.4 is 9.80 Å². The van der Waals surface area contributed by atoms with Crippen LogP contribution in [0.2, 0.25) is 0 Å². The van der Waals surface area contributed by atoms with E-state index in [1.807, 2.05) is 0 Å². The number of nitrogens with zero attached hydrogens (tertiary/aromatic N) is 2. The third kappa shape index (κ3) is 8.82. The van der Waals surface area contributed by atoms with Gasteiger partial charge in [-0.05, 0) is 171 Å². The number of anilines is 6. The van der Waals surface area contributed by atoms with E-state index in [2.05, 4.69) is 277 Å². The van der Waals surface area contributed by atoms with Gasteiger partial charge in [0.2, 0.25) is 0 Å². The third-order valence-corrected chi connectivity index (χ3v) is 13.9. The van der Waals surface area contributed by atoms with Gasteiger partial charge in [-0.1, -0.05) is 152 Å². The van der Waals surface area contributed by atoms with E-state index in [-0.39, 0.29) is 10.8 Å². The molecule has 352 valence electrons. The molecule has 2 aromatic heterocycles. The fourth-order valence-electron chi connectivity index (χ4n) is 9.75. The van der Waals surface area contributed by atoms with Gasteiger partial charge < -0.3 is 18.6 Å². The van der Waals surface area contributed by atoms with E-state index in [9.17, 15) is 0 Å². The van der Waals surface area contributed by atoms with E-state index in [0.717, 1.165) is 101 Å². The van der Waals surface area contributed by atoms with E-state index in [1.54, 1.807) is 6.08 Å². The lowest BCUT2D eigenvalue weighted by molar-refractivity contribution is 0.590. The highest BCUT2D eigenvalue weighted by Gasteiger charge is 2.22. The molecule has 72 heavy (non-hydrogen) atoms. The molecular formula is C68H58N2O2. The molecule has 0 aliphatic heterocycles. The molecule has 0 aliphatic carbocycles. The molecule has 0 saturated heterocycles. The lowest BCUT2D eigenvalue weighted by Crippen LogP contribution is -2.14. The summed E-state index contributed by atoms with van der Waals surface area (Å²) in [4.78, 5) is 4.64. The highest BCUT2D eigenvalue weighted by Crippen LogP contribution is 2.43. The molecule has 0 amide bonds. The maximum Gasteiger partial charge on any atom is 0.142 e. The number of allylic oxidation sites excluding steroid dienone is 2. The Morgan fingerprint density at radius 1 is 0.403 bits per heavy atom. The fraction of sp³-hybridized carbons (Fsp3) is 0.118. The van der Waals surface area contributed by atoms with Gasteiger partial charge in [0.25, 0.3) is 0 Å². The highest BCUT2D eigenvalue weighted by atomic mass is 16.3. The topological polar surface area (TPSA) is 32.8 Å². The molecule has 0 atom stereocenters. The maximum absolute atomic E-state index is 6.79. The van der Waals surface area contributed by atoms with Crippen LogP contribution in [0.1, 0.15) is 58.2 Å². The summed E-state index contributed by atoms with van der Waals surface area (Å²) in [6, 6.07) is 75.8. The third-order valence-electron chi connectivity index (χ3n) is 13.9. The smallest absolute Gasteiger partial charge is 0.142 e. The Kier molecular flexibility index (Phi) is 11.6. The van der Waals surface area contributed by atoms with Gasteiger partial charge in [-0.25, -0.2) is 0 Å². The predicted octanol–water partition coefficient (Wildman–Crippen LogP) is 20.1. The van der Waals surface area contributed by atoms with Crippen LogP contribution in [0.15, 0.2) is 240 Å². The Morgan fingerprint density at radius 3 is 1.39 bits per heavy atom. The van der Waals surface area contributed by atoms with Gasteiger partial charge in [-0.15, -0.1) is 0 Å². The first-order valence-corrected chi connectivity index (χ1v) is 24.8. The Morgan fingerprint density at radius 2 is 0.875 bits per heavy atom. The molecule has 4 nitrogen and oxygen atoms in total. The second-order valence-electron chi connectivity index (χ2n) is 20.8. The standard InChI is InChI=1S/C68H58N2O2/c1-9-45(2)46-21-30-54(31-22-46)69(58-19-13-17-52(42-58)67(3,4)5)57-36-27-50(28-37-57)65-44-62-60-38-29-51-41-64(72-66(51)61(60)39-40-63(62)71-65)49-25-34-56(35-26-49)70(59-20-14-18-53(43-59)68(6,7)8)55-32-23-48(24-33-55)47-15-11-10-12-16-47/h9-44H,1-2H2,3-8H3. The maximum atomic E-state index is 6.79. The van der Waals surface area contributed by atoms with Gasteiger partial charge in [-0.3, -0.25) is 0 Å². The fourth-order valence-corrected chi connectivity index (χ4v) is 9.75. The zero-order valence-corrected chi connectivity index (χ0v) is 41.9. The number of furan rings is 2. The first-order chi connectivity index (χ1) is 34.8. The van der Waals surface area contributed by atoms with E-state index >= 15 is 0 Å². The van der Waals surface area contributed by atoms with Gasteiger partial charge >= 0.3 is 0 Å². The Balaban J connectivity index is 0.900. The van der Waals surface area contributed by atoms with Crippen molar-refractivity contribution in [3.05, 3.63) is 248 Å². The van der Waals surface area contributed by atoms with E-state index < -0.39 is 0 Å². The number of hydrogen-bond donors (Lipinski definition) is 0. The summed E-state index contributed by atoms with van der Waals surface area (Å²) in [5.74, 6) is 1.63. The van der Waals surface area contributed by atoms with Crippen LogP contribution in [0.3, 0.4) is 0 Å². The zero-order chi connectivity index (χ0) is 49.7. The Bertz CT molecular complexity index is 3770. The van der Waals surface area contributed by atoms with Crippen LogP contribution in [0.4, 0.5) is 34.1 Å². The zero-order valence-electron chi connectivity index (χ0n) is 41.9. The summed E-state index contributed by atoms with van der Waals surface area (Å²) in [6.45, 7) is 21.6. The van der Waals surface area contributed by atoms with Crippen molar-refractivity contribution in [1.29, 1.82) is 0 Å². The van der Waals surface area contributed by atoms with E-state index in [1.165, 1.54) is 22.3 Å². The summed E-state index contributed by atoms with van der Waals surface area (Å²) in [7, 11) is 0. The van der Waals surface area contributed by atoms with Crippen LogP contribution >= 0.6 is 0 Å². The Hall–Kier alpha value is -8.60. The Labute approximate surface area is 423 Å². The van der Waals surface area contributed by atoms with Gasteiger partial charge in [0.15, 0.2) is 0 Å². The largest absolute Gasteiger partial charge is 0.456 e. The molecule has 4 heteroatoms. The molecule has 11 rings (SSSR count). The summed E-state index contributed by atoms with van der Waals surface area (Å²) in [5.41, 5.74) is 17.1. The summed E-state index contributed by atoms with van der Waals surface area (Å²) in [6.07, 6.45) is 1.79. The molecule has 0 spiro atoms. The molecule has 0 aliphatic rings. The molecule has 0 bridgehead atoms. The van der Waals surface area contributed by atoms with E-state index in [4.69, 9.17) is 8.83 Å². The molecule has 11 aromatic rings. The first-order valence-electron chi connectivity index (χ1n) is 24.8. The average Bonchev–Trinajstić information content (AvgIpc) is 4.05. The summed E-state index contributed by atoms with van der Waals surface area (Å²) < 4.78 is 13.4. The van der Waals surface area contributed by atoms with E-state index in [0.29, 0.717) is 0 Å². The van der Waals surface area contributed by atoms with Gasteiger partial charge in [0, 0.05) is 61.4 Å². The van der Waals surface area contributed by atoms with Crippen molar-refractivity contribution >= 4 is 72.4 Å².